The third-order valence-corrected chi connectivity index (χ3v) is 12.0. The molecule has 6 nitrogen and oxygen atoms in total. The van der Waals surface area contributed by atoms with Gasteiger partial charge in [0, 0.05) is 37.9 Å². The van der Waals surface area contributed by atoms with Crippen molar-refractivity contribution in [1.82, 2.24) is 24.1 Å². The standard InChI is InChI=1S/C53H31N5O/c1-2-16-34-31-46-41(30-33(34)15-1)38-21-7-9-24-42(38)57(46)45-28-29-48-49(40-22-8-12-27-47(40)59-48)50(45)52-54-51(39-23-13-17-32-14-3-4-18-35(32)39)55-53(56-52)58-43-25-10-5-19-36(43)37-20-6-11-26-44(37)58/h1-31H. The molecule has 0 aliphatic rings. The first kappa shape index (κ1) is 32.0. The van der Waals surface area contributed by atoms with Crippen LogP contribution >= 0.6 is 0 Å². The second-order valence-corrected chi connectivity index (χ2v) is 15.2. The Bertz CT molecular complexity index is 3810. The Morgan fingerprint density at radius 3 is 1.66 bits per heavy atom. The molecular formula is C53H31N5O. The van der Waals surface area contributed by atoms with Crippen molar-refractivity contribution in [2.75, 3.05) is 0 Å². The normalized spacial score (nSPS) is 12.1. The molecule has 13 rings (SSSR count). The van der Waals surface area contributed by atoms with Gasteiger partial charge in [0.05, 0.1) is 33.3 Å². The molecule has 274 valence electrons. The van der Waals surface area contributed by atoms with Gasteiger partial charge in [-0.2, -0.15) is 9.97 Å². The van der Waals surface area contributed by atoms with Gasteiger partial charge in [-0.05, 0) is 70.1 Å². The Morgan fingerprint density at radius 1 is 0.356 bits per heavy atom. The monoisotopic (exact) mass is 753 g/mol. The van der Waals surface area contributed by atoms with Crippen LogP contribution in [-0.4, -0.2) is 24.1 Å². The summed E-state index contributed by atoms with van der Waals surface area (Å²) < 4.78 is 11.2. The molecule has 0 N–H and O–H groups in total. The second kappa shape index (κ2) is 12.2. The van der Waals surface area contributed by atoms with Crippen LogP contribution in [0.25, 0.3) is 122 Å². The number of para-hydroxylation sites is 4. The number of fused-ring (bicyclic) bond motifs is 11. The first-order valence-corrected chi connectivity index (χ1v) is 19.9. The second-order valence-electron chi connectivity index (χ2n) is 15.2. The van der Waals surface area contributed by atoms with Gasteiger partial charge in [0.2, 0.25) is 5.95 Å². The van der Waals surface area contributed by atoms with Crippen LogP contribution in [0.2, 0.25) is 0 Å². The van der Waals surface area contributed by atoms with Crippen LogP contribution in [-0.2, 0) is 0 Å². The first-order valence-electron chi connectivity index (χ1n) is 19.9. The zero-order valence-corrected chi connectivity index (χ0v) is 31.5. The summed E-state index contributed by atoms with van der Waals surface area (Å²) in [5.74, 6) is 1.69. The van der Waals surface area contributed by atoms with Crippen molar-refractivity contribution in [2.45, 2.75) is 0 Å². The Labute approximate surface area is 336 Å². The molecule has 0 saturated carbocycles. The number of furan rings is 1. The zero-order valence-electron chi connectivity index (χ0n) is 31.5. The van der Waals surface area contributed by atoms with E-state index in [4.69, 9.17) is 19.4 Å². The maximum atomic E-state index is 6.62. The highest BCUT2D eigenvalue weighted by molar-refractivity contribution is 6.17. The van der Waals surface area contributed by atoms with E-state index in [1.165, 1.54) is 21.5 Å². The van der Waals surface area contributed by atoms with Gasteiger partial charge in [0.1, 0.15) is 11.2 Å². The molecule has 0 aliphatic carbocycles. The highest BCUT2D eigenvalue weighted by Gasteiger charge is 2.26. The van der Waals surface area contributed by atoms with E-state index in [1.807, 2.05) is 12.1 Å². The molecule has 0 unspecified atom stereocenters. The van der Waals surface area contributed by atoms with Crippen molar-refractivity contribution < 1.29 is 4.42 Å². The Morgan fingerprint density at radius 2 is 0.915 bits per heavy atom. The fourth-order valence-corrected chi connectivity index (χ4v) is 9.39. The number of hydrogen-bond acceptors (Lipinski definition) is 4. The summed E-state index contributed by atoms with van der Waals surface area (Å²) in [5, 5.41) is 11.1. The van der Waals surface area contributed by atoms with Crippen LogP contribution in [0.5, 0.6) is 0 Å². The molecule has 9 aromatic carbocycles. The molecule has 13 aromatic rings. The van der Waals surface area contributed by atoms with Crippen LogP contribution in [0.4, 0.5) is 0 Å². The fraction of sp³-hybridized carbons (Fsp3) is 0. The van der Waals surface area contributed by atoms with Gasteiger partial charge in [-0.25, -0.2) is 4.98 Å². The predicted molar refractivity (Wildman–Crippen MR) is 242 cm³/mol. The van der Waals surface area contributed by atoms with Gasteiger partial charge >= 0.3 is 0 Å². The number of nitrogens with zero attached hydrogens (tertiary/aromatic N) is 5. The third-order valence-electron chi connectivity index (χ3n) is 12.0. The Balaban J connectivity index is 1.22. The average molecular weight is 754 g/mol. The van der Waals surface area contributed by atoms with Crippen LogP contribution in [0.1, 0.15) is 0 Å². The molecular weight excluding hydrogens is 723 g/mol. The van der Waals surface area contributed by atoms with Crippen molar-refractivity contribution in [2.24, 2.45) is 0 Å². The van der Waals surface area contributed by atoms with Crippen LogP contribution in [0, 0.1) is 0 Å². The van der Waals surface area contributed by atoms with E-state index < -0.39 is 0 Å². The topological polar surface area (TPSA) is 61.7 Å². The lowest BCUT2D eigenvalue weighted by molar-refractivity contribution is 0.669. The van der Waals surface area contributed by atoms with Crippen molar-refractivity contribution in [3.05, 3.63) is 188 Å². The smallest absolute Gasteiger partial charge is 0.238 e. The van der Waals surface area contributed by atoms with Crippen molar-refractivity contribution in [3.8, 4) is 34.4 Å². The largest absolute Gasteiger partial charge is 0.456 e. The molecule has 0 atom stereocenters. The molecule has 0 spiro atoms. The maximum Gasteiger partial charge on any atom is 0.238 e. The average Bonchev–Trinajstić information content (AvgIpc) is 3.95. The number of aromatic nitrogens is 5. The number of rotatable bonds is 4. The van der Waals surface area contributed by atoms with Crippen molar-refractivity contribution >= 4 is 87.1 Å². The van der Waals surface area contributed by atoms with E-state index in [0.717, 1.165) is 82.4 Å². The van der Waals surface area contributed by atoms with Gasteiger partial charge in [-0.1, -0.05) is 140 Å². The summed E-state index contributed by atoms with van der Waals surface area (Å²) in [7, 11) is 0. The minimum atomic E-state index is 0.541. The predicted octanol–water partition coefficient (Wildman–Crippen LogP) is 13.6. The molecule has 0 saturated heterocycles. The molecule has 0 bridgehead atoms. The molecule has 6 heteroatoms. The Hall–Kier alpha value is -8.09. The van der Waals surface area contributed by atoms with Crippen molar-refractivity contribution in [1.29, 1.82) is 0 Å². The summed E-state index contributed by atoms with van der Waals surface area (Å²) in [5.41, 5.74) is 8.57. The lowest BCUT2D eigenvalue weighted by Gasteiger charge is -2.17. The summed E-state index contributed by atoms with van der Waals surface area (Å²) in [6, 6.07) is 66.1. The van der Waals surface area contributed by atoms with Gasteiger partial charge in [0.15, 0.2) is 11.6 Å². The molecule has 0 fully saturated rings. The summed E-state index contributed by atoms with van der Waals surface area (Å²) >= 11 is 0. The van der Waals surface area contributed by atoms with E-state index in [9.17, 15) is 0 Å². The van der Waals surface area contributed by atoms with E-state index >= 15 is 0 Å². The fourth-order valence-electron chi connectivity index (χ4n) is 9.39. The van der Waals surface area contributed by atoms with Gasteiger partial charge in [-0.15, -0.1) is 0 Å². The summed E-state index contributed by atoms with van der Waals surface area (Å²) in [6.45, 7) is 0. The zero-order chi connectivity index (χ0) is 38.6. The summed E-state index contributed by atoms with van der Waals surface area (Å²) in [4.78, 5) is 16.5. The number of hydrogen-bond donors (Lipinski definition) is 0. The molecule has 4 aromatic heterocycles. The van der Waals surface area contributed by atoms with Gasteiger partial charge in [0.25, 0.3) is 0 Å². The molecule has 4 heterocycles. The van der Waals surface area contributed by atoms with Gasteiger partial charge < -0.3 is 8.98 Å². The molecule has 0 amide bonds. The van der Waals surface area contributed by atoms with Crippen molar-refractivity contribution in [3.63, 3.8) is 0 Å². The Kier molecular flexibility index (Phi) is 6.63. The van der Waals surface area contributed by atoms with Crippen LogP contribution < -0.4 is 0 Å². The molecule has 0 radical (unpaired) electrons. The SMILES string of the molecule is c1ccc2cc3c(cc2c1)c1ccccc1n3-c1ccc2oc3ccccc3c2c1-c1nc(-c2cccc3ccccc23)nc(-n2c3ccccc3c3ccccc32)n1. The highest BCUT2D eigenvalue weighted by Crippen LogP contribution is 2.44. The third kappa shape index (κ3) is 4.65. The lowest BCUT2D eigenvalue weighted by atomic mass is 10.0. The minimum Gasteiger partial charge on any atom is -0.456 e. The van der Waals surface area contributed by atoms with E-state index in [1.54, 1.807) is 0 Å². The first-order chi connectivity index (χ1) is 29.3. The highest BCUT2D eigenvalue weighted by atomic mass is 16.3. The maximum absolute atomic E-state index is 6.62. The molecule has 59 heavy (non-hydrogen) atoms. The van der Waals surface area contributed by atoms with Gasteiger partial charge in [-0.3, -0.25) is 4.57 Å². The summed E-state index contributed by atoms with van der Waals surface area (Å²) in [6.07, 6.45) is 0. The quantitative estimate of drug-likeness (QED) is 0.180. The van der Waals surface area contributed by atoms with Crippen LogP contribution in [0.15, 0.2) is 192 Å². The van der Waals surface area contributed by atoms with E-state index in [2.05, 4.69) is 185 Å². The van der Waals surface area contributed by atoms with Crippen LogP contribution in [0.3, 0.4) is 0 Å². The molecule has 0 aliphatic heterocycles. The number of benzene rings is 9. The minimum absolute atomic E-state index is 0.541. The lowest BCUT2D eigenvalue weighted by Crippen LogP contribution is -2.08. The van der Waals surface area contributed by atoms with E-state index in [0.29, 0.717) is 17.6 Å². The van der Waals surface area contributed by atoms with E-state index in [-0.39, 0.29) is 0 Å².